The molecule has 4 nitrogen and oxygen atoms in total. The van der Waals surface area contributed by atoms with Gasteiger partial charge in [-0.2, -0.15) is 0 Å². The Morgan fingerprint density at radius 2 is 2.13 bits per heavy atom. The van der Waals surface area contributed by atoms with Crippen molar-refractivity contribution in [1.29, 1.82) is 0 Å². The van der Waals surface area contributed by atoms with Crippen LogP contribution in [0.4, 0.5) is 0 Å². The van der Waals surface area contributed by atoms with Gasteiger partial charge in [-0.1, -0.05) is 0 Å². The fourth-order valence-electron chi connectivity index (χ4n) is 1.72. The highest BCUT2D eigenvalue weighted by molar-refractivity contribution is 7.16. The third-order valence-electron chi connectivity index (χ3n) is 2.63. The molecule has 0 radical (unpaired) electrons. The highest BCUT2D eigenvalue weighted by atomic mass is 31.0. The van der Waals surface area contributed by atoms with Crippen LogP contribution in [0.1, 0.15) is 6.92 Å². The smallest absolute Gasteiger partial charge is 0.324 e. The molecule has 0 amide bonds. The lowest BCUT2D eigenvalue weighted by Gasteiger charge is -2.38. The molecule has 0 saturated carbocycles. The lowest BCUT2D eigenvalue weighted by atomic mass is 10.2. The van der Waals surface area contributed by atoms with Gasteiger partial charge in [0.1, 0.15) is 6.04 Å². The van der Waals surface area contributed by atoms with Crippen molar-refractivity contribution in [3.63, 3.8) is 0 Å². The molecule has 0 aromatic carbocycles. The van der Waals surface area contributed by atoms with Crippen LogP contribution in [0.2, 0.25) is 0 Å². The number of rotatable bonds is 4. The summed E-state index contributed by atoms with van der Waals surface area (Å²) < 4.78 is 5.08. The normalized spacial score (nSPS) is 24.1. The topological polar surface area (TPSA) is 32.8 Å². The number of ether oxygens (including phenoxy) is 1. The van der Waals surface area contributed by atoms with Gasteiger partial charge in [-0.15, -0.1) is 18.5 Å². The zero-order valence-electron chi connectivity index (χ0n) is 9.19. The third-order valence-corrected chi connectivity index (χ3v) is 3.61. The van der Waals surface area contributed by atoms with Crippen LogP contribution >= 0.6 is 18.5 Å². The Kier molecular flexibility index (Phi) is 5.99. The summed E-state index contributed by atoms with van der Waals surface area (Å²) in [6.07, 6.45) is 1.74. The first-order valence-corrected chi connectivity index (χ1v) is 6.89. The molecule has 0 N–H and O–H groups in total. The van der Waals surface area contributed by atoms with E-state index < -0.39 is 0 Å². The maximum Gasteiger partial charge on any atom is 0.324 e. The van der Waals surface area contributed by atoms with E-state index in [0.717, 1.165) is 32.2 Å². The van der Waals surface area contributed by atoms with Crippen LogP contribution in [0.5, 0.6) is 0 Å². The van der Waals surface area contributed by atoms with Gasteiger partial charge in [-0.3, -0.25) is 14.6 Å². The Morgan fingerprint density at radius 3 is 2.67 bits per heavy atom. The van der Waals surface area contributed by atoms with Gasteiger partial charge < -0.3 is 4.74 Å². The predicted octanol–water partition coefficient (Wildman–Crippen LogP) is 0.201. The Balaban J connectivity index is 2.58. The molecule has 1 fully saturated rings. The van der Waals surface area contributed by atoms with E-state index in [-0.39, 0.29) is 12.0 Å². The zero-order valence-corrected chi connectivity index (χ0v) is 11.5. The molecule has 1 aliphatic rings. The van der Waals surface area contributed by atoms with Crippen molar-refractivity contribution >= 4 is 24.4 Å². The molecule has 1 saturated heterocycles. The summed E-state index contributed by atoms with van der Waals surface area (Å²) in [4.78, 5) is 16.1. The Morgan fingerprint density at radius 1 is 1.40 bits per heavy atom. The van der Waals surface area contributed by atoms with Crippen molar-refractivity contribution in [1.82, 2.24) is 9.80 Å². The summed E-state index contributed by atoms with van der Waals surface area (Å²) in [6, 6.07) is -0.100. The van der Waals surface area contributed by atoms with Crippen LogP contribution in [0, 0.1) is 0 Å². The summed E-state index contributed by atoms with van der Waals surface area (Å²) in [5, 5.41) is 0. The molecule has 0 aromatic rings. The minimum absolute atomic E-state index is 0.0944. The van der Waals surface area contributed by atoms with Crippen LogP contribution in [-0.2, 0) is 9.53 Å². The second-order valence-corrected chi connectivity index (χ2v) is 4.25. The van der Waals surface area contributed by atoms with E-state index in [4.69, 9.17) is 4.74 Å². The van der Waals surface area contributed by atoms with Gasteiger partial charge in [0.2, 0.25) is 0 Å². The second kappa shape index (κ2) is 6.75. The molecule has 3 atom stereocenters. The maximum atomic E-state index is 11.7. The van der Waals surface area contributed by atoms with E-state index in [0.29, 0.717) is 6.61 Å². The standard InChI is InChI=1S/C9H20N2O2P2/c1-2-13-9(12)8-5-10(6-14)3-4-11(8)7-15/h8H,2-7,14-15H2,1H3. The fourth-order valence-corrected chi connectivity index (χ4v) is 2.49. The van der Waals surface area contributed by atoms with E-state index in [9.17, 15) is 4.79 Å². The van der Waals surface area contributed by atoms with Crippen LogP contribution in [0.3, 0.4) is 0 Å². The molecule has 0 spiro atoms. The lowest BCUT2D eigenvalue weighted by molar-refractivity contribution is -0.151. The number of nitrogens with zero attached hydrogens (tertiary/aromatic N) is 2. The summed E-state index contributed by atoms with van der Waals surface area (Å²) >= 11 is 0. The van der Waals surface area contributed by atoms with Crippen LogP contribution in [0.25, 0.3) is 0 Å². The van der Waals surface area contributed by atoms with Crippen molar-refractivity contribution in [2.75, 3.05) is 38.8 Å². The summed E-state index contributed by atoms with van der Waals surface area (Å²) in [7, 11) is 5.37. The first-order valence-electron chi connectivity index (χ1n) is 5.26. The Hall–Kier alpha value is 0.250. The first-order chi connectivity index (χ1) is 7.22. The molecule has 3 unspecified atom stereocenters. The minimum Gasteiger partial charge on any atom is -0.465 e. The van der Waals surface area contributed by atoms with Gasteiger partial charge in [0, 0.05) is 32.2 Å². The lowest BCUT2D eigenvalue weighted by Crippen LogP contribution is -2.55. The Labute approximate surface area is 96.1 Å². The van der Waals surface area contributed by atoms with E-state index >= 15 is 0 Å². The first kappa shape index (κ1) is 13.3. The van der Waals surface area contributed by atoms with E-state index in [1.165, 1.54) is 0 Å². The van der Waals surface area contributed by atoms with Crippen LogP contribution < -0.4 is 0 Å². The van der Waals surface area contributed by atoms with Crippen molar-refractivity contribution < 1.29 is 9.53 Å². The number of esters is 1. The number of carbonyl (C=O) groups is 1. The molecule has 1 heterocycles. The SMILES string of the molecule is CCOC(=O)C1CN(CP)CCN1CP. The van der Waals surface area contributed by atoms with Gasteiger partial charge >= 0.3 is 5.97 Å². The van der Waals surface area contributed by atoms with Crippen LogP contribution in [-0.4, -0.2) is 60.6 Å². The molecule has 0 bridgehead atoms. The number of piperazine rings is 1. The molecule has 0 aromatic heterocycles. The monoisotopic (exact) mass is 250 g/mol. The highest BCUT2D eigenvalue weighted by Crippen LogP contribution is 2.13. The van der Waals surface area contributed by atoms with Gasteiger partial charge in [-0.25, -0.2) is 0 Å². The molecule has 6 heteroatoms. The van der Waals surface area contributed by atoms with E-state index in [2.05, 4.69) is 28.3 Å². The van der Waals surface area contributed by atoms with E-state index in [1.807, 2.05) is 6.92 Å². The minimum atomic E-state index is -0.100. The predicted molar refractivity (Wildman–Crippen MR) is 67.9 cm³/mol. The average molecular weight is 250 g/mol. The molecule has 1 aliphatic heterocycles. The quantitative estimate of drug-likeness (QED) is 0.527. The van der Waals surface area contributed by atoms with Gasteiger partial charge in [0.25, 0.3) is 0 Å². The van der Waals surface area contributed by atoms with Crippen molar-refractivity contribution in [3.05, 3.63) is 0 Å². The largest absolute Gasteiger partial charge is 0.465 e. The number of hydrogen-bond donors (Lipinski definition) is 0. The van der Waals surface area contributed by atoms with E-state index in [1.54, 1.807) is 0 Å². The van der Waals surface area contributed by atoms with Gasteiger partial charge in [0.15, 0.2) is 0 Å². The maximum absolute atomic E-state index is 11.7. The number of hydrogen-bond acceptors (Lipinski definition) is 4. The second-order valence-electron chi connectivity index (χ2n) is 3.52. The molecule has 1 rings (SSSR count). The van der Waals surface area contributed by atoms with Crippen molar-refractivity contribution in [3.8, 4) is 0 Å². The van der Waals surface area contributed by atoms with Crippen LogP contribution in [0.15, 0.2) is 0 Å². The average Bonchev–Trinajstić information content (AvgIpc) is 2.28. The van der Waals surface area contributed by atoms with Gasteiger partial charge in [-0.05, 0) is 6.92 Å². The zero-order chi connectivity index (χ0) is 11.3. The fraction of sp³-hybridized carbons (Fsp3) is 0.889. The molecule has 88 valence electrons. The highest BCUT2D eigenvalue weighted by Gasteiger charge is 2.31. The van der Waals surface area contributed by atoms with Crippen molar-refractivity contribution in [2.24, 2.45) is 0 Å². The summed E-state index contributed by atoms with van der Waals surface area (Å²) in [6.45, 7) is 5.03. The summed E-state index contributed by atoms with van der Waals surface area (Å²) in [5.74, 6) is -0.0944. The molecule has 15 heavy (non-hydrogen) atoms. The molecule has 0 aliphatic carbocycles. The number of carbonyl (C=O) groups excluding carboxylic acids is 1. The molecular weight excluding hydrogens is 230 g/mol. The molecular formula is C9H20N2O2P2. The van der Waals surface area contributed by atoms with Gasteiger partial charge in [0.05, 0.1) is 6.61 Å². The summed E-state index contributed by atoms with van der Waals surface area (Å²) in [5.41, 5.74) is 0. The Bertz CT molecular complexity index is 216. The third kappa shape index (κ3) is 3.64. The van der Waals surface area contributed by atoms with Crippen molar-refractivity contribution in [2.45, 2.75) is 13.0 Å².